The maximum atomic E-state index is 12.2. The SMILES string of the molecule is O=C(c1ccc(-n2cccn2)cc1)N1C[C@@H](O)[C@@H](O)C1. The maximum Gasteiger partial charge on any atom is 0.254 e. The third kappa shape index (κ3) is 2.31. The molecule has 1 amide bonds. The summed E-state index contributed by atoms with van der Waals surface area (Å²) in [4.78, 5) is 13.7. The Balaban J connectivity index is 1.76. The number of rotatable bonds is 2. The highest BCUT2D eigenvalue weighted by molar-refractivity contribution is 5.94. The van der Waals surface area contributed by atoms with Gasteiger partial charge in [0.05, 0.1) is 17.9 Å². The molecular formula is C14H15N3O3. The number of aromatic nitrogens is 2. The number of hydrogen-bond donors (Lipinski definition) is 2. The summed E-state index contributed by atoms with van der Waals surface area (Å²) in [6.45, 7) is 0.335. The molecule has 1 aliphatic rings. The number of carbonyl (C=O) groups excluding carboxylic acids is 1. The fourth-order valence-electron chi connectivity index (χ4n) is 2.30. The molecule has 0 spiro atoms. The highest BCUT2D eigenvalue weighted by Crippen LogP contribution is 2.15. The molecule has 1 saturated heterocycles. The number of likely N-dealkylation sites (tertiary alicyclic amines) is 1. The van der Waals surface area contributed by atoms with Crippen LogP contribution in [0.3, 0.4) is 0 Å². The summed E-state index contributed by atoms with van der Waals surface area (Å²) in [5.74, 6) is -0.187. The fourth-order valence-corrected chi connectivity index (χ4v) is 2.30. The van der Waals surface area contributed by atoms with E-state index < -0.39 is 12.2 Å². The lowest BCUT2D eigenvalue weighted by atomic mass is 10.2. The van der Waals surface area contributed by atoms with E-state index in [1.165, 1.54) is 4.90 Å². The second kappa shape index (κ2) is 5.07. The number of carbonyl (C=O) groups is 1. The topological polar surface area (TPSA) is 78.6 Å². The summed E-state index contributed by atoms with van der Waals surface area (Å²) in [6.07, 6.45) is 1.79. The average Bonchev–Trinajstić information content (AvgIpc) is 3.09. The minimum atomic E-state index is -0.859. The Kier molecular flexibility index (Phi) is 3.25. The maximum absolute atomic E-state index is 12.2. The number of aliphatic hydroxyl groups is 2. The molecule has 20 heavy (non-hydrogen) atoms. The molecule has 1 aromatic carbocycles. The zero-order chi connectivity index (χ0) is 14.1. The van der Waals surface area contributed by atoms with Gasteiger partial charge in [0.2, 0.25) is 0 Å². The molecule has 0 aliphatic carbocycles. The van der Waals surface area contributed by atoms with Gasteiger partial charge in [-0.1, -0.05) is 0 Å². The number of β-amino-alcohol motifs (C(OH)–C–C–N with tert-alkyl or cyclic N) is 2. The third-order valence-corrected chi connectivity index (χ3v) is 3.43. The third-order valence-electron chi connectivity index (χ3n) is 3.43. The van der Waals surface area contributed by atoms with Gasteiger partial charge in [0, 0.05) is 31.0 Å². The highest BCUT2D eigenvalue weighted by Gasteiger charge is 2.32. The smallest absolute Gasteiger partial charge is 0.254 e. The van der Waals surface area contributed by atoms with Crippen molar-refractivity contribution >= 4 is 5.91 Å². The average molecular weight is 273 g/mol. The molecule has 6 heteroatoms. The van der Waals surface area contributed by atoms with Gasteiger partial charge < -0.3 is 15.1 Å². The van der Waals surface area contributed by atoms with E-state index in [1.807, 2.05) is 24.4 Å². The summed E-state index contributed by atoms with van der Waals surface area (Å²) in [6, 6.07) is 8.88. The van der Waals surface area contributed by atoms with Gasteiger partial charge >= 0.3 is 0 Å². The van der Waals surface area contributed by atoms with Crippen LogP contribution in [0.2, 0.25) is 0 Å². The highest BCUT2D eigenvalue weighted by atomic mass is 16.3. The van der Waals surface area contributed by atoms with Crippen molar-refractivity contribution in [3.8, 4) is 5.69 Å². The number of aliphatic hydroxyl groups excluding tert-OH is 2. The summed E-state index contributed by atoms with van der Waals surface area (Å²) in [5.41, 5.74) is 1.40. The summed E-state index contributed by atoms with van der Waals surface area (Å²) in [5, 5.41) is 23.1. The Morgan fingerprint density at radius 2 is 1.80 bits per heavy atom. The quantitative estimate of drug-likeness (QED) is 0.810. The predicted octanol–water partition coefficient (Wildman–Crippen LogP) is 0.0499. The van der Waals surface area contributed by atoms with E-state index in [2.05, 4.69) is 5.10 Å². The van der Waals surface area contributed by atoms with Crippen LogP contribution in [-0.4, -0.2) is 56.1 Å². The minimum absolute atomic E-state index is 0.168. The van der Waals surface area contributed by atoms with E-state index in [0.29, 0.717) is 5.56 Å². The lowest BCUT2D eigenvalue weighted by molar-refractivity contribution is 0.0572. The van der Waals surface area contributed by atoms with Gasteiger partial charge in [-0.05, 0) is 30.3 Å². The molecule has 2 aromatic rings. The monoisotopic (exact) mass is 273 g/mol. The van der Waals surface area contributed by atoms with E-state index >= 15 is 0 Å². The van der Waals surface area contributed by atoms with Crippen molar-refractivity contribution in [3.05, 3.63) is 48.3 Å². The lowest BCUT2D eigenvalue weighted by Gasteiger charge is -2.15. The summed E-state index contributed by atoms with van der Waals surface area (Å²) in [7, 11) is 0. The molecule has 1 fully saturated rings. The van der Waals surface area contributed by atoms with Gasteiger partial charge in [-0.2, -0.15) is 5.10 Å². The normalized spacial score (nSPS) is 22.2. The van der Waals surface area contributed by atoms with E-state index in [1.54, 1.807) is 23.0 Å². The van der Waals surface area contributed by atoms with Crippen molar-refractivity contribution < 1.29 is 15.0 Å². The van der Waals surface area contributed by atoms with E-state index in [-0.39, 0.29) is 19.0 Å². The molecular weight excluding hydrogens is 258 g/mol. The van der Waals surface area contributed by atoms with Crippen molar-refractivity contribution in [2.45, 2.75) is 12.2 Å². The number of benzene rings is 1. The molecule has 0 bridgehead atoms. The minimum Gasteiger partial charge on any atom is -0.388 e. The van der Waals surface area contributed by atoms with Crippen molar-refractivity contribution in [1.82, 2.24) is 14.7 Å². The predicted molar refractivity (Wildman–Crippen MR) is 71.5 cm³/mol. The number of nitrogens with zero attached hydrogens (tertiary/aromatic N) is 3. The van der Waals surface area contributed by atoms with Crippen molar-refractivity contribution in [1.29, 1.82) is 0 Å². The van der Waals surface area contributed by atoms with Crippen molar-refractivity contribution in [3.63, 3.8) is 0 Å². The van der Waals surface area contributed by atoms with Gasteiger partial charge in [0.25, 0.3) is 5.91 Å². The van der Waals surface area contributed by atoms with Crippen LogP contribution in [0.4, 0.5) is 0 Å². The molecule has 0 saturated carbocycles. The molecule has 2 heterocycles. The van der Waals surface area contributed by atoms with Gasteiger partial charge in [-0.15, -0.1) is 0 Å². The van der Waals surface area contributed by atoms with E-state index in [9.17, 15) is 15.0 Å². The standard InChI is InChI=1S/C14H15N3O3/c18-12-8-16(9-13(12)19)14(20)10-2-4-11(5-3-10)17-7-1-6-15-17/h1-7,12-13,18-19H,8-9H2/t12-,13+. The molecule has 6 nitrogen and oxygen atoms in total. The van der Waals surface area contributed by atoms with Crippen LogP contribution in [0.25, 0.3) is 5.69 Å². The van der Waals surface area contributed by atoms with Crippen molar-refractivity contribution in [2.75, 3.05) is 13.1 Å². The zero-order valence-corrected chi connectivity index (χ0v) is 10.8. The van der Waals surface area contributed by atoms with E-state index in [0.717, 1.165) is 5.69 Å². The first kappa shape index (κ1) is 12.8. The van der Waals surface area contributed by atoms with Crippen LogP contribution in [0.15, 0.2) is 42.7 Å². The lowest BCUT2D eigenvalue weighted by Crippen LogP contribution is -2.29. The van der Waals surface area contributed by atoms with E-state index in [4.69, 9.17) is 0 Å². The molecule has 3 rings (SSSR count). The van der Waals surface area contributed by atoms with Crippen LogP contribution < -0.4 is 0 Å². The summed E-state index contributed by atoms with van der Waals surface area (Å²) < 4.78 is 1.71. The van der Waals surface area contributed by atoms with Gasteiger partial charge in [-0.25, -0.2) is 4.68 Å². The molecule has 0 unspecified atom stereocenters. The number of amides is 1. The first-order valence-electron chi connectivity index (χ1n) is 6.40. The van der Waals surface area contributed by atoms with Gasteiger partial charge in [-0.3, -0.25) is 4.79 Å². The largest absolute Gasteiger partial charge is 0.388 e. The first-order chi connectivity index (χ1) is 9.65. The molecule has 0 radical (unpaired) electrons. The first-order valence-corrected chi connectivity index (χ1v) is 6.40. The summed E-state index contributed by atoms with van der Waals surface area (Å²) >= 11 is 0. The van der Waals surface area contributed by atoms with Crippen LogP contribution in [-0.2, 0) is 0 Å². The Morgan fingerprint density at radius 1 is 1.15 bits per heavy atom. The van der Waals surface area contributed by atoms with Crippen LogP contribution in [0.1, 0.15) is 10.4 Å². The van der Waals surface area contributed by atoms with Gasteiger partial charge in [0.1, 0.15) is 0 Å². The van der Waals surface area contributed by atoms with Crippen LogP contribution >= 0.6 is 0 Å². The van der Waals surface area contributed by atoms with Crippen LogP contribution in [0.5, 0.6) is 0 Å². The van der Waals surface area contributed by atoms with Crippen molar-refractivity contribution in [2.24, 2.45) is 0 Å². The zero-order valence-electron chi connectivity index (χ0n) is 10.8. The molecule has 104 valence electrons. The Hall–Kier alpha value is -2.18. The second-order valence-corrected chi connectivity index (χ2v) is 4.84. The fraction of sp³-hybridized carbons (Fsp3) is 0.286. The Morgan fingerprint density at radius 3 is 2.35 bits per heavy atom. The Labute approximate surface area is 115 Å². The molecule has 1 aliphatic heterocycles. The van der Waals surface area contributed by atoms with Gasteiger partial charge in [0.15, 0.2) is 0 Å². The number of hydrogen-bond acceptors (Lipinski definition) is 4. The second-order valence-electron chi connectivity index (χ2n) is 4.84. The molecule has 1 aromatic heterocycles. The van der Waals surface area contributed by atoms with Crippen LogP contribution in [0, 0.1) is 0 Å². The molecule has 2 N–H and O–H groups in total. The molecule has 2 atom stereocenters. The Bertz CT molecular complexity index is 585.